The standard InChI is InChI=1S/C28H48O/c1-19(2)8-7-9-20(3)23-12-13-24-22-11-10-21-18-26(4,29)16-17-27(21,5)25(22)14-15-28(23,24)6/h14,19-24,29H,7-13,15-18H2,1-6H3/t20-,21+,22?,23?,24?,26+,27?,28?/m1/s1. The first-order chi connectivity index (χ1) is 13.6. The Kier molecular flexibility index (Phi) is 5.81. The summed E-state index contributed by atoms with van der Waals surface area (Å²) in [6.45, 7) is 14.6. The molecule has 1 N–H and O–H groups in total. The summed E-state index contributed by atoms with van der Waals surface area (Å²) >= 11 is 0. The second kappa shape index (κ2) is 7.68. The van der Waals surface area contributed by atoms with Crippen LogP contribution in [0.5, 0.6) is 0 Å². The van der Waals surface area contributed by atoms with Gasteiger partial charge in [-0.15, -0.1) is 0 Å². The van der Waals surface area contributed by atoms with Crippen molar-refractivity contribution in [2.45, 2.75) is 118 Å². The second-order valence-electron chi connectivity index (χ2n) is 13.0. The molecule has 3 fully saturated rings. The third-order valence-electron chi connectivity index (χ3n) is 10.5. The molecule has 0 heterocycles. The van der Waals surface area contributed by atoms with Gasteiger partial charge in [0.25, 0.3) is 0 Å². The number of allylic oxidation sites excluding steroid dienone is 2. The largest absolute Gasteiger partial charge is 0.390 e. The van der Waals surface area contributed by atoms with E-state index in [0.717, 1.165) is 42.4 Å². The van der Waals surface area contributed by atoms with Gasteiger partial charge in [0.1, 0.15) is 0 Å². The summed E-state index contributed by atoms with van der Waals surface area (Å²) in [6, 6.07) is 0. The van der Waals surface area contributed by atoms with E-state index in [0.29, 0.717) is 16.7 Å². The predicted molar refractivity (Wildman–Crippen MR) is 124 cm³/mol. The molecule has 0 amide bonds. The first-order valence-corrected chi connectivity index (χ1v) is 13.0. The lowest BCUT2D eigenvalue weighted by molar-refractivity contribution is -0.0647. The van der Waals surface area contributed by atoms with Gasteiger partial charge in [0.15, 0.2) is 0 Å². The first kappa shape index (κ1) is 21.9. The molecule has 29 heavy (non-hydrogen) atoms. The van der Waals surface area contributed by atoms with Crippen LogP contribution in [0.4, 0.5) is 0 Å². The van der Waals surface area contributed by atoms with E-state index >= 15 is 0 Å². The van der Waals surface area contributed by atoms with E-state index in [9.17, 15) is 5.11 Å². The van der Waals surface area contributed by atoms with Crippen molar-refractivity contribution in [3.63, 3.8) is 0 Å². The molecule has 1 heteroatoms. The number of hydrogen-bond donors (Lipinski definition) is 1. The minimum atomic E-state index is -0.426. The van der Waals surface area contributed by atoms with Gasteiger partial charge < -0.3 is 5.11 Å². The summed E-state index contributed by atoms with van der Waals surface area (Å²) in [5.41, 5.74) is 2.31. The molecule has 4 aliphatic carbocycles. The lowest BCUT2D eigenvalue weighted by Gasteiger charge is -2.58. The molecular formula is C28H48O. The van der Waals surface area contributed by atoms with Gasteiger partial charge in [0.05, 0.1) is 5.60 Å². The molecule has 166 valence electrons. The first-order valence-electron chi connectivity index (χ1n) is 13.0. The minimum Gasteiger partial charge on any atom is -0.390 e. The molecule has 5 unspecified atom stereocenters. The van der Waals surface area contributed by atoms with Gasteiger partial charge in [-0.3, -0.25) is 0 Å². The quantitative estimate of drug-likeness (QED) is 0.467. The fraction of sp³-hybridized carbons (Fsp3) is 0.929. The Hall–Kier alpha value is -0.300. The van der Waals surface area contributed by atoms with Crippen LogP contribution in [0.1, 0.15) is 112 Å². The molecule has 8 atom stereocenters. The van der Waals surface area contributed by atoms with Gasteiger partial charge in [0, 0.05) is 0 Å². The van der Waals surface area contributed by atoms with Gasteiger partial charge in [0.2, 0.25) is 0 Å². The van der Waals surface area contributed by atoms with Crippen LogP contribution >= 0.6 is 0 Å². The van der Waals surface area contributed by atoms with Crippen LogP contribution in [0, 0.1) is 46.3 Å². The summed E-state index contributed by atoms with van der Waals surface area (Å²) in [7, 11) is 0. The highest BCUT2D eigenvalue weighted by Crippen LogP contribution is 2.67. The zero-order valence-electron chi connectivity index (χ0n) is 20.3. The third-order valence-corrected chi connectivity index (χ3v) is 10.5. The zero-order chi connectivity index (χ0) is 21.0. The maximum absolute atomic E-state index is 10.7. The lowest BCUT2D eigenvalue weighted by atomic mass is 9.47. The van der Waals surface area contributed by atoms with Crippen molar-refractivity contribution in [1.29, 1.82) is 0 Å². The Morgan fingerprint density at radius 2 is 1.76 bits per heavy atom. The van der Waals surface area contributed by atoms with Crippen LogP contribution in [0.3, 0.4) is 0 Å². The zero-order valence-corrected chi connectivity index (χ0v) is 20.3. The number of rotatable bonds is 5. The van der Waals surface area contributed by atoms with Crippen LogP contribution in [-0.2, 0) is 0 Å². The van der Waals surface area contributed by atoms with Crippen LogP contribution in [0.25, 0.3) is 0 Å². The summed E-state index contributed by atoms with van der Waals surface area (Å²) in [5, 5.41) is 10.7. The monoisotopic (exact) mass is 400 g/mol. The smallest absolute Gasteiger partial charge is 0.0623 e. The molecule has 3 saturated carbocycles. The van der Waals surface area contributed by atoms with Crippen molar-refractivity contribution in [1.82, 2.24) is 0 Å². The third kappa shape index (κ3) is 3.77. The summed E-state index contributed by atoms with van der Waals surface area (Å²) < 4.78 is 0. The average molecular weight is 401 g/mol. The Morgan fingerprint density at radius 3 is 2.48 bits per heavy atom. The van der Waals surface area contributed by atoms with Crippen LogP contribution in [-0.4, -0.2) is 10.7 Å². The van der Waals surface area contributed by atoms with Gasteiger partial charge in [-0.1, -0.05) is 65.5 Å². The highest BCUT2D eigenvalue weighted by atomic mass is 16.3. The molecule has 0 spiro atoms. The van der Waals surface area contributed by atoms with Crippen LogP contribution < -0.4 is 0 Å². The minimum absolute atomic E-state index is 0.369. The molecule has 4 aliphatic rings. The summed E-state index contributed by atoms with van der Waals surface area (Å²) in [5.74, 6) is 5.11. The van der Waals surface area contributed by atoms with Gasteiger partial charge >= 0.3 is 0 Å². The molecule has 0 bridgehead atoms. The normalized spacial score (nSPS) is 47.9. The molecule has 0 aliphatic heterocycles. The predicted octanol–water partition coefficient (Wildman–Crippen LogP) is 7.78. The summed E-state index contributed by atoms with van der Waals surface area (Å²) in [6.07, 6.45) is 17.2. The van der Waals surface area contributed by atoms with E-state index in [1.54, 1.807) is 0 Å². The van der Waals surface area contributed by atoms with Crippen molar-refractivity contribution in [3.05, 3.63) is 11.6 Å². The van der Waals surface area contributed by atoms with Crippen molar-refractivity contribution in [2.24, 2.45) is 46.3 Å². The van der Waals surface area contributed by atoms with E-state index in [4.69, 9.17) is 0 Å². The SMILES string of the molecule is CC(C)CCC[C@@H](C)C1CCC2C3CC[C@H]4C[C@@](C)(O)CCC4(C)C3=CCC21C. The van der Waals surface area contributed by atoms with Gasteiger partial charge in [-0.05, 0) is 105 Å². The molecule has 0 aromatic rings. The Bertz CT molecular complexity index is 630. The number of fused-ring (bicyclic) bond motifs is 5. The second-order valence-corrected chi connectivity index (χ2v) is 13.0. The van der Waals surface area contributed by atoms with E-state index in [-0.39, 0.29) is 0 Å². The summed E-state index contributed by atoms with van der Waals surface area (Å²) in [4.78, 5) is 0. The molecule has 0 saturated heterocycles. The van der Waals surface area contributed by atoms with Crippen molar-refractivity contribution >= 4 is 0 Å². The highest BCUT2D eigenvalue weighted by Gasteiger charge is 2.58. The van der Waals surface area contributed by atoms with E-state index in [2.05, 4.69) is 47.6 Å². The van der Waals surface area contributed by atoms with E-state index < -0.39 is 5.60 Å². The van der Waals surface area contributed by atoms with E-state index in [1.165, 1.54) is 57.8 Å². The molecular weight excluding hydrogens is 352 g/mol. The Balaban J connectivity index is 1.52. The Morgan fingerprint density at radius 1 is 1.00 bits per heavy atom. The highest BCUT2D eigenvalue weighted by molar-refractivity contribution is 5.29. The van der Waals surface area contributed by atoms with Crippen molar-refractivity contribution in [2.75, 3.05) is 0 Å². The molecule has 4 rings (SSSR count). The van der Waals surface area contributed by atoms with Gasteiger partial charge in [-0.2, -0.15) is 0 Å². The van der Waals surface area contributed by atoms with Gasteiger partial charge in [-0.25, -0.2) is 0 Å². The molecule has 1 nitrogen and oxygen atoms in total. The van der Waals surface area contributed by atoms with Crippen LogP contribution in [0.2, 0.25) is 0 Å². The maximum atomic E-state index is 10.7. The van der Waals surface area contributed by atoms with Crippen LogP contribution in [0.15, 0.2) is 11.6 Å². The maximum Gasteiger partial charge on any atom is 0.0623 e. The van der Waals surface area contributed by atoms with Crippen molar-refractivity contribution < 1.29 is 5.11 Å². The topological polar surface area (TPSA) is 20.2 Å². The van der Waals surface area contributed by atoms with E-state index in [1.807, 2.05) is 5.57 Å². The fourth-order valence-electron chi connectivity index (χ4n) is 8.72. The number of aliphatic hydroxyl groups is 1. The lowest BCUT2D eigenvalue weighted by Crippen LogP contribution is -2.50. The average Bonchev–Trinajstić information content (AvgIpc) is 2.99. The Labute approximate surface area is 181 Å². The molecule has 0 aromatic carbocycles. The molecule has 0 aromatic heterocycles. The fourth-order valence-corrected chi connectivity index (χ4v) is 8.72. The van der Waals surface area contributed by atoms with Crippen molar-refractivity contribution in [3.8, 4) is 0 Å². The number of hydrogen-bond acceptors (Lipinski definition) is 1. The molecule has 0 radical (unpaired) electrons.